The minimum atomic E-state index is -0.663. The largest absolute Gasteiger partial charge is 1.00 e. The molecule has 0 aliphatic heterocycles. The van der Waals surface area contributed by atoms with Crippen LogP contribution in [0.1, 0.15) is 466 Å². The van der Waals surface area contributed by atoms with Gasteiger partial charge in [0, 0.05) is 51.4 Å². The molecule has 0 heterocycles. The molecule has 0 aliphatic carbocycles. The number of hydrogen-bond donors (Lipinski definition) is 8. The molecule has 16 nitrogen and oxygen atoms in total. The van der Waals surface area contributed by atoms with E-state index in [4.69, 9.17) is 40.9 Å². The van der Waals surface area contributed by atoms with Gasteiger partial charge in [-0.25, -0.2) is 0 Å². The average molecular weight is 1400 g/mol. The number of hydrogen-bond acceptors (Lipinski definition) is 8. The summed E-state index contributed by atoms with van der Waals surface area (Å²) in [6, 6.07) is 0. The van der Waals surface area contributed by atoms with E-state index in [9.17, 15) is 38.4 Å². The van der Waals surface area contributed by atoms with Gasteiger partial charge in [0.05, 0.1) is 0 Å². The van der Waals surface area contributed by atoms with Gasteiger partial charge < -0.3 is 40.9 Å². The maximum atomic E-state index is 10.1. The van der Waals surface area contributed by atoms with Crippen LogP contribution in [0.5, 0.6) is 0 Å². The Morgan fingerprint density at radius 3 is 0.258 bits per heavy atom. The van der Waals surface area contributed by atoms with Crippen molar-refractivity contribution < 1.29 is 109 Å². The Labute approximate surface area is 619 Å². The first-order valence-corrected chi connectivity index (χ1v) is 39.9. The van der Waals surface area contributed by atoms with E-state index in [1.807, 2.05) is 0 Å². The summed E-state index contributed by atoms with van der Waals surface area (Å²) in [5, 5.41) is 66.8. The Balaban J connectivity index is -0.000000130. The minimum Gasteiger partial charge on any atom is -0.481 e. The Kier molecular flexibility index (Phi) is 126. The molecule has 8 N–H and O–H groups in total. The summed E-state index contributed by atoms with van der Waals surface area (Å²) in [6.07, 6.45) is 69.1. The predicted molar refractivity (Wildman–Crippen MR) is 402 cm³/mol. The fourth-order valence-electron chi connectivity index (χ4n) is 9.87. The van der Waals surface area contributed by atoms with E-state index in [0.717, 1.165) is 103 Å². The molecule has 97 heavy (non-hydrogen) atoms. The summed E-state index contributed by atoms with van der Waals surface area (Å²) in [5.74, 6) is -5.31. The van der Waals surface area contributed by atoms with Crippen LogP contribution in [0.3, 0.4) is 0 Å². The van der Waals surface area contributed by atoms with Gasteiger partial charge in [0.25, 0.3) is 0 Å². The number of carboxylic acids is 8. The van der Waals surface area contributed by atoms with Crippen molar-refractivity contribution in [2.45, 2.75) is 466 Å². The summed E-state index contributed by atoms with van der Waals surface area (Å²) >= 11 is 0. The Hall–Kier alpha value is -3.24. The van der Waals surface area contributed by atoms with Crippen molar-refractivity contribution in [2.75, 3.05) is 0 Å². The molecule has 0 aromatic carbocycles. The van der Waals surface area contributed by atoms with Crippen molar-refractivity contribution in [3.63, 3.8) is 0 Å². The van der Waals surface area contributed by atoms with E-state index in [-0.39, 0.29) is 29.6 Å². The Bertz CT molecular complexity index is 1230. The van der Waals surface area contributed by atoms with Gasteiger partial charge in [0.1, 0.15) is 0 Å². The molecular weight excluding hydrogens is 1240 g/mol. The van der Waals surface area contributed by atoms with Gasteiger partial charge >= 0.3 is 77.3 Å². The third-order valence-electron chi connectivity index (χ3n) is 16.0. The summed E-state index contributed by atoms with van der Waals surface area (Å²) in [4.78, 5) is 81.1. The normalized spacial score (nSPS) is 9.98. The van der Waals surface area contributed by atoms with E-state index in [2.05, 4.69) is 55.4 Å². The topological polar surface area (TPSA) is 298 Å². The second kappa shape index (κ2) is 109. The van der Waals surface area contributed by atoms with Crippen molar-refractivity contribution in [3.05, 3.63) is 0 Å². The van der Waals surface area contributed by atoms with Gasteiger partial charge in [-0.1, -0.05) is 364 Å². The van der Waals surface area contributed by atoms with Crippen LogP contribution in [-0.4, -0.2) is 88.6 Å². The summed E-state index contributed by atoms with van der Waals surface area (Å²) in [5.41, 5.74) is 0. The maximum Gasteiger partial charge on any atom is 1.00 e. The first-order chi connectivity index (χ1) is 46.2. The van der Waals surface area contributed by atoms with Crippen LogP contribution in [0, 0.1) is 0 Å². The molecule has 0 bridgehead atoms. The summed E-state index contributed by atoms with van der Waals surface area (Å²) < 4.78 is 0. The average Bonchev–Trinajstić information content (AvgIpc) is 3.54. The van der Waals surface area contributed by atoms with E-state index in [0.29, 0.717) is 51.4 Å². The molecule has 0 aromatic heterocycles. The van der Waals surface area contributed by atoms with Gasteiger partial charge in [0.15, 0.2) is 0 Å². The van der Waals surface area contributed by atoms with Crippen LogP contribution in [-0.2, 0) is 38.4 Å². The number of unbranched alkanes of at least 4 members (excludes halogenated alkanes) is 48. The van der Waals surface area contributed by atoms with Crippen LogP contribution < -0.4 is 29.6 Å². The van der Waals surface area contributed by atoms with Crippen LogP contribution in [0.15, 0.2) is 0 Å². The van der Waals surface area contributed by atoms with Crippen molar-refractivity contribution in [3.8, 4) is 0 Å². The quantitative estimate of drug-likeness (QED) is 0.0207. The van der Waals surface area contributed by atoms with E-state index < -0.39 is 47.8 Å². The van der Waals surface area contributed by atoms with Crippen molar-refractivity contribution in [1.29, 1.82) is 0 Å². The van der Waals surface area contributed by atoms with Gasteiger partial charge in [0.2, 0.25) is 0 Å². The Morgan fingerprint density at radius 1 is 0.134 bits per heavy atom. The van der Waals surface area contributed by atoms with Gasteiger partial charge in [-0.15, -0.1) is 0 Å². The standard InChI is InChI=1S/8C10H20O2.Na/c8*1-2-3-4-5-6-7-8-9-10(11)12;/h8*2-9H2,1H3,(H,11,12);/q;;;;;;;;+1. The zero-order chi connectivity index (χ0) is 73.9. The molecule has 17 heteroatoms. The molecule has 0 atom stereocenters. The molecule has 576 valence electrons. The van der Waals surface area contributed by atoms with Crippen molar-refractivity contribution in [2.24, 2.45) is 0 Å². The van der Waals surface area contributed by atoms with Gasteiger partial charge in [-0.05, 0) is 51.4 Å². The predicted octanol–water partition coefficient (Wildman–Crippen LogP) is 22.7. The maximum absolute atomic E-state index is 10.1. The van der Waals surface area contributed by atoms with Gasteiger partial charge in [-0.2, -0.15) is 0 Å². The molecule has 0 aromatic rings. The molecule has 0 radical (unpaired) electrons. The van der Waals surface area contributed by atoms with E-state index >= 15 is 0 Å². The van der Waals surface area contributed by atoms with Crippen LogP contribution in [0.25, 0.3) is 0 Å². The molecule has 0 amide bonds. The molecule has 0 saturated heterocycles. The molecule has 0 unspecified atom stereocenters. The number of carbonyl (C=O) groups is 8. The van der Waals surface area contributed by atoms with E-state index in [1.165, 1.54) is 257 Å². The zero-order valence-electron chi connectivity index (χ0n) is 65.1. The number of carboxylic acid groups (broad SMARTS) is 8. The smallest absolute Gasteiger partial charge is 0.481 e. The van der Waals surface area contributed by atoms with Crippen molar-refractivity contribution in [1.82, 2.24) is 0 Å². The monoisotopic (exact) mass is 1400 g/mol. The van der Waals surface area contributed by atoms with E-state index in [1.54, 1.807) is 0 Å². The molecule has 0 aliphatic rings. The molecule has 0 fully saturated rings. The van der Waals surface area contributed by atoms with Gasteiger partial charge in [-0.3, -0.25) is 38.4 Å². The Morgan fingerprint density at radius 2 is 0.196 bits per heavy atom. The molecule has 0 spiro atoms. The second-order valence-corrected chi connectivity index (χ2v) is 26.1. The number of aliphatic carboxylic acids is 8. The fourth-order valence-corrected chi connectivity index (χ4v) is 9.87. The third-order valence-corrected chi connectivity index (χ3v) is 16.0. The summed E-state index contributed by atoms with van der Waals surface area (Å²) in [7, 11) is 0. The minimum absolute atomic E-state index is 0. The second-order valence-electron chi connectivity index (χ2n) is 26.1. The summed E-state index contributed by atoms with van der Waals surface area (Å²) in [6.45, 7) is 17.6. The molecule has 0 saturated carbocycles. The van der Waals surface area contributed by atoms with Crippen LogP contribution in [0.2, 0.25) is 0 Å². The van der Waals surface area contributed by atoms with Crippen LogP contribution in [0.4, 0.5) is 0 Å². The zero-order valence-corrected chi connectivity index (χ0v) is 67.1. The first kappa shape index (κ1) is 112. The third kappa shape index (κ3) is 162. The number of rotatable bonds is 64. The fraction of sp³-hybridized carbons (Fsp3) is 0.900. The van der Waals surface area contributed by atoms with Crippen molar-refractivity contribution >= 4 is 47.8 Å². The molecule has 0 rings (SSSR count). The van der Waals surface area contributed by atoms with Crippen LogP contribution >= 0.6 is 0 Å². The first-order valence-electron chi connectivity index (χ1n) is 39.9. The SMILES string of the molecule is CCCCCCCCCC(=O)O.CCCCCCCCCC(=O)O.CCCCCCCCCC(=O)O.CCCCCCCCCC(=O)O.CCCCCCCCCC(=O)O.CCCCCCCCCC(=O)O.CCCCCCCCCC(=O)O.CCCCCCCCCC(=O)O.[Na+]. The molecular formula is C80H160NaO16+.